The maximum atomic E-state index is 10.6. The average Bonchev–Trinajstić information content (AvgIpc) is 2.79. The molecule has 6 nitrogen and oxygen atoms in total. The summed E-state index contributed by atoms with van der Waals surface area (Å²) in [7, 11) is 0. The summed E-state index contributed by atoms with van der Waals surface area (Å²) in [6.07, 6.45) is 6.53. The summed E-state index contributed by atoms with van der Waals surface area (Å²) in [6, 6.07) is 0. The molecule has 0 spiro atoms. The Morgan fingerprint density at radius 1 is 1.40 bits per heavy atom. The summed E-state index contributed by atoms with van der Waals surface area (Å²) in [4.78, 5) is 10.6. The number of hydrogen-bond acceptors (Lipinski definition) is 5. The minimum absolute atomic E-state index is 0.00160. The van der Waals surface area contributed by atoms with Crippen molar-refractivity contribution in [2.75, 3.05) is 12.4 Å². The number of aliphatic carboxylic acids is 1. The first kappa shape index (κ1) is 15.3. The summed E-state index contributed by atoms with van der Waals surface area (Å²) >= 11 is 1.20. The van der Waals surface area contributed by atoms with Crippen LogP contribution in [0.2, 0.25) is 0 Å². The average molecular weight is 299 g/mol. The van der Waals surface area contributed by atoms with E-state index in [1.54, 1.807) is 0 Å². The normalized spacial score (nSPS) is 16.4. The van der Waals surface area contributed by atoms with Gasteiger partial charge in [0.1, 0.15) is 5.82 Å². The fraction of sp³-hybridized carbons (Fsp3) is 0.769. The zero-order chi connectivity index (χ0) is 14.4. The van der Waals surface area contributed by atoms with Gasteiger partial charge in [0.05, 0.1) is 18.5 Å². The zero-order valence-electron chi connectivity index (χ0n) is 11.7. The first-order valence-corrected chi connectivity index (χ1v) is 8.01. The molecular formula is C13H21N3O3S. The molecule has 1 heterocycles. The van der Waals surface area contributed by atoms with E-state index in [1.165, 1.54) is 31.0 Å². The lowest BCUT2D eigenvalue weighted by atomic mass is 9.98. The third-order valence-corrected chi connectivity index (χ3v) is 4.40. The zero-order valence-corrected chi connectivity index (χ0v) is 12.6. The number of hydrogen-bond donors (Lipinski definition) is 1. The van der Waals surface area contributed by atoms with Gasteiger partial charge in [0.2, 0.25) is 0 Å². The molecule has 1 aliphatic carbocycles. The van der Waals surface area contributed by atoms with E-state index in [2.05, 4.69) is 10.2 Å². The second-order valence-electron chi connectivity index (χ2n) is 4.99. The van der Waals surface area contributed by atoms with Gasteiger partial charge in [-0.25, -0.2) is 0 Å². The number of nitrogens with zero attached hydrogens (tertiary/aromatic N) is 3. The van der Waals surface area contributed by atoms with Gasteiger partial charge in [-0.15, -0.1) is 10.2 Å². The van der Waals surface area contributed by atoms with Crippen molar-refractivity contribution in [3.8, 4) is 0 Å². The van der Waals surface area contributed by atoms with Crippen LogP contribution in [-0.4, -0.2) is 44.3 Å². The number of carboxylic acids is 1. The van der Waals surface area contributed by atoms with Gasteiger partial charge in [-0.3, -0.25) is 4.79 Å². The van der Waals surface area contributed by atoms with Crippen LogP contribution in [0.25, 0.3) is 0 Å². The van der Waals surface area contributed by atoms with Crippen LogP contribution in [0.15, 0.2) is 5.16 Å². The lowest BCUT2D eigenvalue weighted by Gasteiger charge is -2.22. The van der Waals surface area contributed by atoms with E-state index in [4.69, 9.17) is 9.84 Å². The Morgan fingerprint density at radius 2 is 2.15 bits per heavy atom. The summed E-state index contributed by atoms with van der Waals surface area (Å²) in [5.74, 6) is -0.0486. The summed E-state index contributed by atoms with van der Waals surface area (Å²) < 4.78 is 7.82. The van der Waals surface area contributed by atoms with Gasteiger partial charge in [0, 0.05) is 6.54 Å². The number of carbonyl (C=O) groups is 1. The lowest BCUT2D eigenvalue weighted by Crippen LogP contribution is -2.19. The minimum atomic E-state index is -0.847. The van der Waals surface area contributed by atoms with Gasteiger partial charge in [-0.05, 0) is 19.8 Å². The Balaban J connectivity index is 1.81. The molecule has 20 heavy (non-hydrogen) atoms. The van der Waals surface area contributed by atoms with Crippen molar-refractivity contribution in [3.05, 3.63) is 5.82 Å². The van der Waals surface area contributed by atoms with Gasteiger partial charge >= 0.3 is 5.97 Å². The molecule has 0 atom stereocenters. The van der Waals surface area contributed by atoms with Crippen LogP contribution in [0.1, 0.15) is 37.9 Å². The number of aromatic nitrogens is 3. The van der Waals surface area contributed by atoms with Crippen molar-refractivity contribution < 1.29 is 14.6 Å². The molecule has 0 aliphatic heterocycles. The molecule has 1 aromatic rings. The Bertz CT molecular complexity index is 444. The van der Waals surface area contributed by atoms with Crippen molar-refractivity contribution in [2.45, 2.75) is 56.8 Å². The molecule has 7 heteroatoms. The molecule has 1 aromatic heterocycles. The molecule has 1 saturated carbocycles. The molecule has 1 N–H and O–H groups in total. The predicted octanol–water partition coefficient (Wildman–Crippen LogP) is 2.11. The van der Waals surface area contributed by atoms with Crippen LogP contribution in [0.5, 0.6) is 0 Å². The monoisotopic (exact) mass is 299 g/mol. The number of carboxylic acid groups (broad SMARTS) is 1. The van der Waals surface area contributed by atoms with E-state index in [9.17, 15) is 4.79 Å². The minimum Gasteiger partial charge on any atom is -0.481 e. The smallest absolute Gasteiger partial charge is 0.313 e. The predicted molar refractivity (Wildman–Crippen MR) is 75.9 cm³/mol. The number of aryl methyl sites for hydroxylation is 1. The molecule has 0 unspecified atom stereocenters. The highest BCUT2D eigenvalue weighted by Gasteiger charge is 2.15. The van der Waals surface area contributed by atoms with E-state index in [0.717, 1.165) is 18.7 Å². The first-order valence-electron chi connectivity index (χ1n) is 7.03. The maximum Gasteiger partial charge on any atom is 0.313 e. The molecule has 1 fully saturated rings. The van der Waals surface area contributed by atoms with Crippen LogP contribution >= 0.6 is 11.8 Å². The Hall–Kier alpha value is -1.08. The molecule has 1 aliphatic rings. The van der Waals surface area contributed by atoms with Gasteiger partial charge < -0.3 is 14.4 Å². The maximum absolute atomic E-state index is 10.6. The van der Waals surface area contributed by atoms with Crippen LogP contribution in [0, 0.1) is 6.92 Å². The second kappa shape index (κ2) is 7.64. The fourth-order valence-corrected chi connectivity index (χ4v) is 3.12. The molecule has 0 radical (unpaired) electrons. The highest BCUT2D eigenvalue weighted by atomic mass is 32.2. The van der Waals surface area contributed by atoms with Gasteiger partial charge in [-0.2, -0.15) is 0 Å². The van der Waals surface area contributed by atoms with Crippen molar-refractivity contribution in [1.82, 2.24) is 14.8 Å². The Kier molecular flexibility index (Phi) is 5.85. The van der Waals surface area contributed by atoms with E-state index in [-0.39, 0.29) is 5.75 Å². The summed E-state index contributed by atoms with van der Waals surface area (Å²) in [5, 5.41) is 17.4. The number of thioether (sulfide) groups is 1. The largest absolute Gasteiger partial charge is 0.481 e. The SMILES string of the molecule is Cc1nnc(SCC(=O)O)n1CCOC1CCCCC1. The summed E-state index contributed by atoms with van der Waals surface area (Å²) in [5.41, 5.74) is 0. The van der Waals surface area contributed by atoms with E-state index >= 15 is 0 Å². The molecule has 0 saturated heterocycles. The van der Waals surface area contributed by atoms with Crippen molar-refractivity contribution in [1.29, 1.82) is 0 Å². The third kappa shape index (κ3) is 4.49. The van der Waals surface area contributed by atoms with Gasteiger partial charge in [0.15, 0.2) is 5.16 Å². The van der Waals surface area contributed by atoms with E-state index in [0.29, 0.717) is 24.4 Å². The van der Waals surface area contributed by atoms with Crippen molar-refractivity contribution >= 4 is 17.7 Å². The number of ether oxygens (including phenoxy) is 1. The van der Waals surface area contributed by atoms with E-state index in [1.807, 2.05) is 11.5 Å². The standard InChI is InChI=1S/C13H21N3O3S/c1-10-14-15-13(20-9-12(17)18)16(10)7-8-19-11-5-3-2-4-6-11/h11H,2-9H2,1H3,(H,17,18). The van der Waals surface area contributed by atoms with Crippen LogP contribution < -0.4 is 0 Å². The third-order valence-electron chi connectivity index (χ3n) is 3.45. The van der Waals surface area contributed by atoms with Gasteiger partial charge in [-0.1, -0.05) is 31.0 Å². The van der Waals surface area contributed by atoms with Crippen molar-refractivity contribution in [3.63, 3.8) is 0 Å². The molecule has 0 amide bonds. The van der Waals surface area contributed by atoms with E-state index < -0.39 is 5.97 Å². The Labute approximate surface area is 122 Å². The first-order chi connectivity index (χ1) is 9.66. The molecule has 0 bridgehead atoms. The van der Waals surface area contributed by atoms with Gasteiger partial charge in [0.25, 0.3) is 0 Å². The van der Waals surface area contributed by atoms with Crippen LogP contribution in [0.3, 0.4) is 0 Å². The second-order valence-corrected chi connectivity index (χ2v) is 5.94. The van der Waals surface area contributed by atoms with Crippen molar-refractivity contribution in [2.24, 2.45) is 0 Å². The molecular weight excluding hydrogens is 278 g/mol. The quantitative estimate of drug-likeness (QED) is 0.777. The molecule has 2 rings (SSSR count). The highest BCUT2D eigenvalue weighted by Crippen LogP contribution is 2.21. The lowest BCUT2D eigenvalue weighted by molar-refractivity contribution is -0.133. The fourth-order valence-electron chi connectivity index (χ4n) is 2.39. The summed E-state index contributed by atoms with van der Waals surface area (Å²) in [6.45, 7) is 3.18. The molecule has 112 valence electrons. The number of rotatable bonds is 7. The Morgan fingerprint density at radius 3 is 2.85 bits per heavy atom. The topological polar surface area (TPSA) is 77.2 Å². The highest BCUT2D eigenvalue weighted by molar-refractivity contribution is 7.99. The van der Waals surface area contributed by atoms with Crippen LogP contribution in [0.4, 0.5) is 0 Å². The van der Waals surface area contributed by atoms with Crippen LogP contribution in [-0.2, 0) is 16.1 Å². The molecule has 0 aromatic carbocycles.